The smallest absolute Gasteiger partial charge is 0.257 e. The molecule has 4 amide bonds. The van der Waals surface area contributed by atoms with Gasteiger partial charge in [-0.2, -0.15) is 0 Å². The van der Waals surface area contributed by atoms with Crippen LogP contribution in [-0.4, -0.2) is 54.3 Å². The number of piperidine rings is 1. The molecule has 1 atom stereocenters. The van der Waals surface area contributed by atoms with E-state index >= 15 is 0 Å². The van der Waals surface area contributed by atoms with Gasteiger partial charge in [-0.05, 0) is 43.1 Å². The molecule has 1 saturated heterocycles. The number of nitrogens with zero attached hydrogens (tertiary/aromatic N) is 1. The summed E-state index contributed by atoms with van der Waals surface area (Å²) in [6.07, 6.45) is 1.23. The van der Waals surface area contributed by atoms with Gasteiger partial charge in [-0.25, -0.2) is 0 Å². The van der Waals surface area contributed by atoms with Gasteiger partial charge in [0, 0.05) is 25.1 Å². The topological polar surface area (TPSA) is 131 Å². The number of nitrogens with one attached hydrogen (secondary N) is 2. The van der Waals surface area contributed by atoms with Gasteiger partial charge in [0.25, 0.3) is 11.8 Å². The van der Waals surface area contributed by atoms with Crippen molar-refractivity contribution in [3.63, 3.8) is 0 Å². The Morgan fingerprint density at radius 2 is 2.15 bits per heavy atom. The molecule has 0 saturated carbocycles. The Balaban J connectivity index is 1.61. The molecule has 3 rings (SSSR count). The molecule has 0 bridgehead atoms. The van der Waals surface area contributed by atoms with Crippen LogP contribution < -0.4 is 21.1 Å². The molecule has 2 aliphatic heterocycles. The van der Waals surface area contributed by atoms with Crippen LogP contribution in [0.25, 0.3) is 0 Å². The summed E-state index contributed by atoms with van der Waals surface area (Å²) in [4.78, 5) is 49.1. The number of fused-ring (bicyclic) bond motifs is 1. The van der Waals surface area contributed by atoms with Gasteiger partial charge < -0.3 is 20.7 Å². The Hall–Kier alpha value is -2.94. The lowest BCUT2D eigenvalue weighted by molar-refractivity contribution is -0.137. The average molecular weight is 374 g/mol. The van der Waals surface area contributed by atoms with Crippen molar-refractivity contribution >= 4 is 23.6 Å². The Morgan fingerprint density at radius 3 is 2.89 bits per heavy atom. The zero-order chi connectivity index (χ0) is 19.4. The number of carbonyl (C=O) groups is 4. The fourth-order valence-electron chi connectivity index (χ4n) is 3.17. The third kappa shape index (κ3) is 4.25. The van der Waals surface area contributed by atoms with E-state index in [2.05, 4.69) is 10.6 Å². The minimum absolute atomic E-state index is 0.131. The first-order valence-electron chi connectivity index (χ1n) is 8.86. The van der Waals surface area contributed by atoms with Crippen molar-refractivity contribution in [3.05, 3.63) is 29.3 Å². The van der Waals surface area contributed by atoms with Gasteiger partial charge in [-0.1, -0.05) is 0 Å². The molecule has 2 aliphatic rings. The average Bonchev–Trinajstić information content (AvgIpc) is 2.96. The van der Waals surface area contributed by atoms with Crippen LogP contribution in [0.1, 0.15) is 35.2 Å². The largest absolute Gasteiger partial charge is 0.484 e. The number of ether oxygens (including phenoxy) is 1. The maximum atomic E-state index is 12.6. The summed E-state index contributed by atoms with van der Waals surface area (Å²) >= 11 is 0. The van der Waals surface area contributed by atoms with Crippen LogP contribution >= 0.6 is 0 Å². The summed E-state index contributed by atoms with van der Waals surface area (Å²) in [6.45, 7) is 1.14. The van der Waals surface area contributed by atoms with Gasteiger partial charge in [-0.3, -0.25) is 24.5 Å². The van der Waals surface area contributed by atoms with Crippen molar-refractivity contribution in [1.29, 1.82) is 0 Å². The molecule has 0 radical (unpaired) electrons. The molecule has 1 aromatic carbocycles. The highest BCUT2D eigenvalue weighted by Gasteiger charge is 2.39. The minimum Gasteiger partial charge on any atom is -0.484 e. The zero-order valence-electron chi connectivity index (χ0n) is 14.8. The van der Waals surface area contributed by atoms with Crippen LogP contribution in [-0.2, 0) is 20.9 Å². The first-order chi connectivity index (χ1) is 13.0. The molecule has 1 fully saturated rings. The normalized spacial score (nSPS) is 18.9. The highest BCUT2D eigenvalue weighted by Crippen LogP contribution is 2.30. The number of benzene rings is 1. The van der Waals surface area contributed by atoms with Crippen LogP contribution in [0.15, 0.2) is 18.2 Å². The first-order valence-corrected chi connectivity index (χ1v) is 8.86. The van der Waals surface area contributed by atoms with Crippen molar-refractivity contribution in [3.8, 4) is 5.75 Å². The second kappa shape index (κ2) is 8.17. The van der Waals surface area contributed by atoms with E-state index in [1.807, 2.05) is 0 Å². The third-order valence-electron chi connectivity index (χ3n) is 4.57. The molecule has 0 aromatic heterocycles. The second-order valence-corrected chi connectivity index (χ2v) is 6.50. The minimum atomic E-state index is -0.653. The number of carbonyl (C=O) groups excluding carboxylic acids is 4. The lowest BCUT2D eigenvalue weighted by atomic mass is 10.0. The van der Waals surface area contributed by atoms with E-state index in [9.17, 15) is 19.2 Å². The summed E-state index contributed by atoms with van der Waals surface area (Å²) < 4.78 is 5.48. The van der Waals surface area contributed by atoms with Crippen LogP contribution in [0.4, 0.5) is 0 Å². The molecule has 0 aliphatic carbocycles. The highest BCUT2D eigenvalue weighted by molar-refractivity contribution is 6.05. The Labute approximate surface area is 156 Å². The lowest BCUT2D eigenvalue weighted by Gasteiger charge is -2.29. The summed E-state index contributed by atoms with van der Waals surface area (Å²) in [6, 6.07) is 4.30. The van der Waals surface area contributed by atoms with Crippen molar-refractivity contribution < 1.29 is 23.9 Å². The summed E-state index contributed by atoms with van der Waals surface area (Å²) in [5, 5.41) is 4.96. The quantitative estimate of drug-likeness (QED) is 0.427. The molecule has 0 spiro atoms. The number of imide groups is 1. The van der Waals surface area contributed by atoms with Gasteiger partial charge in [0.15, 0.2) is 6.61 Å². The molecule has 1 aromatic rings. The predicted molar refractivity (Wildman–Crippen MR) is 94.7 cm³/mol. The third-order valence-corrected chi connectivity index (χ3v) is 4.57. The van der Waals surface area contributed by atoms with E-state index < -0.39 is 11.9 Å². The van der Waals surface area contributed by atoms with Crippen molar-refractivity contribution in [1.82, 2.24) is 15.5 Å². The monoisotopic (exact) mass is 374 g/mol. The predicted octanol–water partition coefficient (Wildman–Crippen LogP) is -0.709. The van der Waals surface area contributed by atoms with Gasteiger partial charge in [-0.15, -0.1) is 0 Å². The molecule has 2 heterocycles. The molecular formula is C18H22N4O5. The van der Waals surface area contributed by atoms with Crippen LogP contribution in [0.2, 0.25) is 0 Å². The van der Waals surface area contributed by atoms with Crippen LogP contribution in [0.5, 0.6) is 5.75 Å². The SMILES string of the molecule is NCCCNC(=O)COc1ccc2c(c1)CN(C1CCC(=O)NC1=O)C2=O. The van der Waals surface area contributed by atoms with E-state index in [1.165, 1.54) is 4.90 Å². The standard InChI is InChI=1S/C18H22N4O5/c19-6-1-7-20-16(24)10-27-12-2-3-13-11(8-12)9-22(18(13)26)14-4-5-15(23)21-17(14)25/h2-3,8,14H,1,4-7,9-10,19H2,(H,20,24)(H,21,23,25). The molecule has 9 heteroatoms. The lowest BCUT2D eigenvalue weighted by Crippen LogP contribution is -2.52. The molecule has 4 N–H and O–H groups in total. The van der Waals surface area contributed by atoms with E-state index in [-0.39, 0.29) is 37.3 Å². The van der Waals surface area contributed by atoms with E-state index in [0.717, 1.165) is 5.56 Å². The summed E-state index contributed by atoms with van der Waals surface area (Å²) in [7, 11) is 0. The van der Waals surface area contributed by atoms with Crippen LogP contribution in [0.3, 0.4) is 0 Å². The maximum absolute atomic E-state index is 12.6. The van der Waals surface area contributed by atoms with Crippen molar-refractivity contribution in [2.75, 3.05) is 19.7 Å². The molecule has 9 nitrogen and oxygen atoms in total. The fourth-order valence-corrected chi connectivity index (χ4v) is 3.17. The van der Waals surface area contributed by atoms with Gasteiger partial charge in [0.1, 0.15) is 11.8 Å². The van der Waals surface area contributed by atoms with Gasteiger partial charge in [0.2, 0.25) is 11.8 Å². The molecular weight excluding hydrogens is 352 g/mol. The number of hydrogen-bond acceptors (Lipinski definition) is 6. The number of nitrogens with two attached hydrogens (primary N) is 1. The van der Waals surface area contributed by atoms with Crippen LogP contribution in [0, 0.1) is 0 Å². The zero-order valence-corrected chi connectivity index (χ0v) is 14.8. The number of hydrogen-bond donors (Lipinski definition) is 3. The molecule has 1 unspecified atom stereocenters. The van der Waals surface area contributed by atoms with E-state index in [0.29, 0.717) is 37.2 Å². The van der Waals surface area contributed by atoms with E-state index in [4.69, 9.17) is 10.5 Å². The molecule has 144 valence electrons. The fraction of sp³-hybridized carbons (Fsp3) is 0.444. The molecule has 27 heavy (non-hydrogen) atoms. The number of amides is 4. The highest BCUT2D eigenvalue weighted by atomic mass is 16.5. The maximum Gasteiger partial charge on any atom is 0.257 e. The Morgan fingerprint density at radius 1 is 1.33 bits per heavy atom. The van der Waals surface area contributed by atoms with Gasteiger partial charge >= 0.3 is 0 Å². The van der Waals surface area contributed by atoms with Crippen molar-refractivity contribution in [2.24, 2.45) is 5.73 Å². The van der Waals surface area contributed by atoms with Gasteiger partial charge in [0.05, 0.1) is 0 Å². The van der Waals surface area contributed by atoms with Crippen molar-refractivity contribution in [2.45, 2.75) is 31.8 Å². The summed E-state index contributed by atoms with van der Waals surface area (Å²) in [5.74, 6) is -0.782. The second-order valence-electron chi connectivity index (χ2n) is 6.50. The Kier molecular flexibility index (Phi) is 5.70. The first kappa shape index (κ1) is 18.8. The number of rotatable bonds is 7. The summed E-state index contributed by atoms with van der Waals surface area (Å²) in [5.41, 5.74) is 6.59. The Bertz CT molecular complexity index is 779. The van der Waals surface area contributed by atoms with E-state index in [1.54, 1.807) is 18.2 Å².